The average Bonchev–Trinajstić information content (AvgIpc) is 2.72. The highest BCUT2D eigenvalue weighted by Crippen LogP contribution is 2.31. The molecule has 0 aliphatic heterocycles. The van der Waals surface area contributed by atoms with Crippen LogP contribution in [0.5, 0.6) is 0 Å². The highest BCUT2D eigenvalue weighted by Gasteiger charge is 2.26. The lowest BCUT2D eigenvalue weighted by molar-refractivity contribution is 0.764. The van der Waals surface area contributed by atoms with Crippen LogP contribution in [0, 0.1) is 0 Å². The summed E-state index contributed by atoms with van der Waals surface area (Å²) in [6.07, 6.45) is 7.44. The quantitative estimate of drug-likeness (QED) is 0.899. The topological polar surface area (TPSA) is 57.8 Å². The fraction of sp³-hybridized carbons (Fsp3) is 0.600. The summed E-state index contributed by atoms with van der Waals surface area (Å²) < 4.78 is 0.536. The second-order valence-corrected chi connectivity index (χ2v) is 5.75. The molecule has 0 spiro atoms. The standard InChI is InChI=1S/C10H14BrN3OS/c1-16-8-4-2-3-6(8)13-7-5-12-14-10(15)9(7)11/h5-6,8H,2-4H2,1H3,(H2,13,14,15). The van der Waals surface area contributed by atoms with Crippen LogP contribution < -0.4 is 10.9 Å². The van der Waals surface area contributed by atoms with E-state index in [9.17, 15) is 4.79 Å². The molecule has 0 bridgehead atoms. The van der Waals surface area contributed by atoms with Crippen molar-refractivity contribution in [1.29, 1.82) is 0 Å². The van der Waals surface area contributed by atoms with Crippen molar-refractivity contribution in [3.05, 3.63) is 21.0 Å². The smallest absolute Gasteiger partial charge is 0.280 e. The summed E-state index contributed by atoms with van der Waals surface area (Å²) in [6.45, 7) is 0. The fourth-order valence-electron chi connectivity index (χ4n) is 2.06. The number of nitrogens with zero attached hydrogens (tertiary/aromatic N) is 1. The van der Waals surface area contributed by atoms with Crippen LogP contribution in [0.15, 0.2) is 15.5 Å². The molecule has 1 aliphatic carbocycles. The normalized spacial score (nSPS) is 24.6. The minimum atomic E-state index is -0.191. The maximum Gasteiger partial charge on any atom is 0.280 e. The maximum absolute atomic E-state index is 11.4. The lowest BCUT2D eigenvalue weighted by atomic mass is 10.2. The zero-order chi connectivity index (χ0) is 11.5. The molecule has 2 N–H and O–H groups in total. The third-order valence-electron chi connectivity index (χ3n) is 2.89. The molecule has 6 heteroatoms. The second-order valence-electron chi connectivity index (χ2n) is 3.88. The molecule has 0 amide bonds. The first-order valence-electron chi connectivity index (χ1n) is 5.25. The number of thioether (sulfide) groups is 1. The van der Waals surface area contributed by atoms with E-state index in [1.165, 1.54) is 12.8 Å². The molecule has 1 heterocycles. The number of aromatic amines is 1. The summed E-state index contributed by atoms with van der Waals surface area (Å²) in [5.41, 5.74) is 0.596. The van der Waals surface area contributed by atoms with Gasteiger partial charge in [-0.2, -0.15) is 16.9 Å². The van der Waals surface area contributed by atoms with Gasteiger partial charge in [-0.15, -0.1) is 0 Å². The van der Waals surface area contributed by atoms with Gasteiger partial charge >= 0.3 is 0 Å². The Morgan fingerprint density at radius 1 is 1.62 bits per heavy atom. The molecule has 1 aromatic rings. The van der Waals surface area contributed by atoms with E-state index >= 15 is 0 Å². The number of hydrogen-bond acceptors (Lipinski definition) is 4. The monoisotopic (exact) mass is 303 g/mol. The van der Waals surface area contributed by atoms with E-state index in [4.69, 9.17) is 0 Å². The molecule has 1 aliphatic rings. The number of H-pyrrole nitrogens is 1. The van der Waals surface area contributed by atoms with Crippen molar-refractivity contribution >= 4 is 33.4 Å². The van der Waals surface area contributed by atoms with Crippen LogP contribution in [0.4, 0.5) is 5.69 Å². The van der Waals surface area contributed by atoms with E-state index in [0.29, 0.717) is 15.8 Å². The van der Waals surface area contributed by atoms with Crippen molar-refractivity contribution in [1.82, 2.24) is 10.2 Å². The first-order valence-corrected chi connectivity index (χ1v) is 7.33. The number of hydrogen-bond donors (Lipinski definition) is 2. The third kappa shape index (κ3) is 2.43. The van der Waals surface area contributed by atoms with Crippen LogP contribution in [-0.4, -0.2) is 27.7 Å². The molecule has 1 saturated carbocycles. The van der Waals surface area contributed by atoms with E-state index in [0.717, 1.165) is 12.1 Å². The molecule has 0 saturated heterocycles. The fourth-order valence-corrected chi connectivity index (χ4v) is 3.30. The van der Waals surface area contributed by atoms with Gasteiger partial charge in [-0.25, -0.2) is 5.10 Å². The van der Waals surface area contributed by atoms with Gasteiger partial charge in [0, 0.05) is 11.3 Å². The first-order chi connectivity index (χ1) is 7.72. The van der Waals surface area contributed by atoms with Crippen LogP contribution in [-0.2, 0) is 0 Å². The highest BCUT2D eigenvalue weighted by atomic mass is 79.9. The Labute approximate surface area is 107 Å². The lowest BCUT2D eigenvalue weighted by Crippen LogP contribution is -2.27. The molecule has 2 atom stereocenters. The Hall–Kier alpha value is -0.490. The van der Waals surface area contributed by atoms with Gasteiger partial charge in [0.1, 0.15) is 4.47 Å². The predicted molar refractivity (Wildman–Crippen MR) is 71.1 cm³/mol. The number of aromatic nitrogens is 2. The van der Waals surface area contributed by atoms with Crippen LogP contribution in [0.2, 0.25) is 0 Å². The number of halogens is 1. The van der Waals surface area contributed by atoms with Crippen LogP contribution in [0.3, 0.4) is 0 Å². The van der Waals surface area contributed by atoms with Crippen molar-refractivity contribution in [2.75, 3.05) is 11.6 Å². The Morgan fingerprint density at radius 3 is 3.19 bits per heavy atom. The van der Waals surface area contributed by atoms with Gasteiger partial charge in [0.15, 0.2) is 0 Å². The minimum Gasteiger partial charge on any atom is -0.379 e. The maximum atomic E-state index is 11.4. The van der Waals surface area contributed by atoms with Gasteiger partial charge in [-0.1, -0.05) is 6.42 Å². The van der Waals surface area contributed by atoms with Gasteiger partial charge in [-0.3, -0.25) is 4.79 Å². The number of nitrogens with one attached hydrogen (secondary N) is 2. The average molecular weight is 304 g/mol. The molecule has 0 radical (unpaired) electrons. The summed E-state index contributed by atoms with van der Waals surface area (Å²) in [5, 5.41) is 10.2. The van der Waals surface area contributed by atoms with Gasteiger partial charge < -0.3 is 5.32 Å². The van der Waals surface area contributed by atoms with E-state index in [1.807, 2.05) is 11.8 Å². The largest absolute Gasteiger partial charge is 0.379 e. The summed E-state index contributed by atoms with van der Waals surface area (Å²) in [5.74, 6) is 0. The summed E-state index contributed by atoms with van der Waals surface area (Å²) >= 11 is 5.16. The van der Waals surface area contributed by atoms with Gasteiger partial charge in [-0.05, 0) is 35.0 Å². The number of rotatable bonds is 3. The summed E-state index contributed by atoms with van der Waals surface area (Å²) in [4.78, 5) is 11.4. The predicted octanol–water partition coefficient (Wildman–Crippen LogP) is 2.23. The first kappa shape index (κ1) is 12.0. The zero-order valence-corrected chi connectivity index (χ0v) is 11.4. The highest BCUT2D eigenvalue weighted by molar-refractivity contribution is 9.10. The Kier molecular flexibility index (Phi) is 3.91. The Bertz CT molecular complexity index is 423. The molecule has 2 unspecified atom stereocenters. The van der Waals surface area contributed by atoms with Crippen molar-refractivity contribution < 1.29 is 0 Å². The molecule has 2 rings (SSSR count). The Morgan fingerprint density at radius 2 is 2.44 bits per heavy atom. The lowest BCUT2D eigenvalue weighted by Gasteiger charge is -2.20. The SMILES string of the molecule is CSC1CCCC1Nc1cn[nH]c(=O)c1Br. The van der Waals surface area contributed by atoms with E-state index < -0.39 is 0 Å². The van der Waals surface area contributed by atoms with Crippen LogP contribution >= 0.6 is 27.7 Å². The molecular formula is C10H14BrN3OS. The second kappa shape index (κ2) is 5.23. The molecule has 88 valence electrons. The molecule has 0 aromatic carbocycles. The Balaban J connectivity index is 2.14. The molecule has 1 fully saturated rings. The van der Waals surface area contributed by atoms with E-state index in [1.54, 1.807) is 6.20 Å². The van der Waals surface area contributed by atoms with Gasteiger partial charge in [0.25, 0.3) is 5.56 Å². The minimum absolute atomic E-state index is 0.191. The summed E-state index contributed by atoms with van der Waals surface area (Å²) in [6, 6.07) is 0.440. The number of anilines is 1. The van der Waals surface area contributed by atoms with Crippen molar-refractivity contribution in [3.63, 3.8) is 0 Å². The molecular weight excluding hydrogens is 290 g/mol. The van der Waals surface area contributed by atoms with Crippen molar-refractivity contribution in [2.45, 2.75) is 30.6 Å². The molecule has 4 nitrogen and oxygen atoms in total. The van der Waals surface area contributed by atoms with E-state index in [-0.39, 0.29) is 5.56 Å². The van der Waals surface area contributed by atoms with Crippen LogP contribution in [0.1, 0.15) is 19.3 Å². The van der Waals surface area contributed by atoms with Gasteiger partial charge in [0.05, 0.1) is 11.9 Å². The van der Waals surface area contributed by atoms with Crippen molar-refractivity contribution in [3.8, 4) is 0 Å². The van der Waals surface area contributed by atoms with Crippen molar-refractivity contribution in [2.24, 2.45) is 0 Å². The third-order valence-corrected chi connectivity index (χ3v) is 4.85. The summed E-state index contributed by atoms with van der Waals surface area (Å²) in [7, 11) is 0. The van der Waals surface area contributed by atoms with Gasteiger partial charge in [0.2, 0.25) is 0 Å². The zero-order valence-electron chi connectivity index (χ0n) is 9.00. The van der Waals surface area contributed by atoms with Crippen LogP contribution in [0.25, 0.3) is 0 Å². The molecule has 1 aromatic heterocycles. The van der Waals surface area contributed by atoms with E-state index in [2.05, 4.69) is 37.7 Å². The molecule has 16 heavy (non-hydrogen) atoms.